The number of halogens is 2. The number of likely N-dealkylation sites (tertiary alicyclic amines) is 1. The molecule has 1 saturated heterocycles. The maximum atomic E-state index is 13.0. The number of benzene rings is 2. The van der Waals surface area contributed by atoms with E-state index >= 15 is 0 Å². The highest BCUT2D eigenvalue weighted by molar-refractivity contribution is 6.31. The van der Waals surface area contributed by atoms with E-state index in [9.17, 15) is 4.39 Å². The molecule has 26 heavy (non-hydrogen) atoms. The largest absolute Gasteiger partial charge is 0.420 e. The van der Waals surface area contributed by atoms with E-state index in [0.717, 1.165) is 48.6 Å². The smallest absolute Gasteiger partial charge is 0.247 e. The van der Waals surface area contributed by atoms with Crippen molar-refractivity contribution >= 4 is 11.6 Å². The van der Waals surface area contributed by atoms with Gasteiger partial charge in [-0.15, -0.1) is 10.2 Å². The third-order valence-corrected chi connectivity index (χ3v) is 5.19. The average Bonchev–Trinajstić information content (AvgIpc) is 3.15. The minimum Gasteiger partial charge on any atom is -0.420 e. The van der Waals surface area contributed by atoms with Crippen LogP contribution in [-0.2, 0) is 6.54 Å². The minimum atomic E-state index is -0.278. The van der Waals surface area contributed by atoms with Gasteiger partial charge in [-0.25, -0.2) is 4.39 Å². The molecule has 0 aliphatic carbocycles. The lowest BCUT2D eigenvalue weighted by Gasteiger charge is -2.30. The number of aromatic nitrogens is 2. The van der Waals surface area contributed by atoms with Crippen LogP contribution in [0.5, 0.6) is 0 Å². The van der Waals surface area contributed by atoms with E-state index in [0.29, 0.717) is 11.8 Å². The van der Waals surface area contributed by atoms with Gasteiger partial charge in [0.1, 0.15) is 5.82 Å². The van der Waals surface area contributed by atoms with Crippen LogP contribution in [0.15, 0.2) is 52.9 Å². The fourth-order valence-electron chi connectivity index (χ4n) is 3.31. The lowest BCUT2D eigenvalue weighted by atomic mass is 9.96. The molecule has 1 aliphatic heterocycles. The quantitative estimate of drug-likeness (QED) is 0.653. The molecule has 134 valence electrons. The molecule has 1 aliphatic rings. The van der Waals surface area contributed by atoms with Crippen molar-refractivity contribution in [3.63, 3.8) is 0 Å². The molecule has 0 radical (unpaired) electrons. The predicted octanol–water partition coefficient (Wildman–Crippen LogP) is 4.91. The SMILES string of the molecule is Fc1ccc(-c2nnc(C3CCN(Cc4ccccc4Cl)CC3)o2)cc1. The van der Waals surface area contributed by atoms with Crippen LogP contribution in [0.2, 0.25) is 5.02 Å². The third kappa shape index (κ3) is 3.79. The summed E-state index contributed by atoms with van der Waals surface area (Å²) in [5.74, 6) is 1.10. The molecular weight excluding hydrogens is 353 g/mol. The predicted molar refractivity (Wildman–Crippen MR) is 98.4 cm³/mol. The highest BCUT2D eigenvalue weighted by atomic mass is 35.5. The summed E-state index contributed by atoms with van der Waals surface area (Å²) < 4.78 is 18.9. The Bertz CT molecular complexity index is 873. The van der Waals surface area contributed by atoms with Crippen molar-refractivity contribution in [2.45, 2.75) is 25.3 Å². The van der Waals surface area contributed by atoms with Gasteiger partial charge in [-0.05, 0) is 61.8 Å². The van der Waals surface area contributed by atoms with Crippen LogP contribution in [0.4, 0.5) is 4.39 Å². The second kappa shape index (κ2) is 7.56. The van der Waals surface area contributed by atoms with Crippen molar-refractivity contribution in [3.8, 4) is 11.5 Å². The van der Waals surface area contributed by atoms with Gasteiger partial charge in [-0.2, -0.15) is 0 Å². The molecule has 0 bridgehead atoms. The summed E-state index contributed by atoms with van der Waals surface area (Å²) in [4.78, 5) is 2.40. The van der Waals surface area contributed by atoms with Gasteiger partial charge in [0, 0.05) is 23.0 Å². The van der Waals surface area contributed by atoms with Gasteiger partial charge in [0.25, 0.3) is 0 Å². The zero-order valence-electron chi connectivity index (χ0n) is 14.2. The fourth-order valence-corrected chi connectivity index (χ4v) is 3.51. The lowest BCUT2D eigenvalue weighted by molar-refractivity contribution is 0.193. The van der Waals surface area contributed by atoms with E-state index in [1.54, 1.807) is 12.1 Å². The normalized spacial score (nSPS) is 16.1. The first kappa shape index (κ1) is 17.2. The van der Waals surface area contributed by atoms with E-state index in [-0.39, 0.29) is 11.7 Å². The number of hydrogen-bond acceptors (Lipinski definition) is 4. The highest BCUT2D eigenvalue weighted by Gasteiger charge is 2.25. The summed E-state index contributed by atoms with van der Waals surface area (Å²) in [7, 11) is 0. The van der Waals surface area contributed by atoms with Gasteiger partial charge in [-0.3, -0.25) is 4.90 Å². The van der Waals surface area contributed by atoms with Gasteiger partial charge in [0.15, 0.2) is 0 Å². The summed E-state index contributed by atoms with van der Waals surface area (Å²) in [6.07, 6.45) is 1.94. The molecule has 1 aromatic heterocycles. The Morgan fingerprint density at radius 2 is 1.77 bits per heavy atom. The lowest BCUT2D eigenvalue weighted by Crippen LogP contribution is -2.32. The van der Waals surface area contributed by atoms with E-state index in [1.807, 2.05) is 18.2 Å². The summed E-state index contributed by atoms with van der Waals surface area (Å²) in [6.45, 7) is 2.78. The molecule has 0 unspecified atom stereocenters. The first-order valence-corrected chi connectivity index (χ1v) is 9.12. The summed E-state index contributed by atoms with van der Waals surface area (Å²) in [5, 5.41) is 9.15. The molecule has 0 saturated carbocycles. The van der Waals surface area contributed by atoms with Crippen LogP contribution < -0.4 is 0 Å². The molecule has 6 heteroatoms. The Morgan fingerprint density at radius 3 is 2.50 bits per heavy atom. The first-order valence-electron chi connectivity index (χ1n) is 8.74. The van der Waals surface area contributed by atoms with Crippen LogP contribution in [-0.4, -0.2) is 28.2 Å². The second-order valence-electron chi connectivity index (χ2n) is 6.59. The topological polar surface area (TPSA) is 42.2 Å². The van der Waals surface area contributed by atoms with Gasteiger partial charge in [0.2, 0.25) is 11.8 Å². The highest BCUT2D eigenvalue weighted by Crippen LogP contribution is 2.30. The van der Waals surface area contributed by atoms with Crippen molar-refractivity contribution in [1.29, 1.82) is 0 Å². The molecular formula is C20H19ClFN3O. The van der Waals surface area contributed by atoms with Gasteiger partial charge < -0.3 is 4.42 Å². The van der Waals surface area contributed by atoms with Crippen LogP contribution >= 0.6 is 11.6 Å². The molecule has 0 amide bonds. The molecule has 4 nitrogen and oxygen atoms in total. The average molecular weight is 372 g/mol. The second-order valence-corrected chi connectivity index (χ2v) is 7.00. The van der Waals surface area contributed by atoms with Crippen LogP contribution in [0, 0.1) is 5.82 Å². The Balaban J connectivity index is 1.38. The van der Waals surface area contributed by atoms with Crippen molar-refractivity contribution in [3.05, 3.63) is 70.8 Å². The van der Waals surface area contributed by atoms with E-state index in [2.05, 4.69) is 21.2 Å². The molecule has 2 aromatic carbocycles. The van der Waals surface area contributed by atoms with Crippen molar-refractivity contribution in [2.24, 2.45) is 0 Å². The Labute approximate surface area is 156 Å². The third-order valence-electron chi connectivity index (χ3n) is 4.82. The minimum absolute atomic E-state index is 0.263. The molecule has 0 atom stereocenters. The standard InChI is InChI=1S/C20H19ClFN3O/c21-18-4-2-1-3-16(18)13-25-11-9-15(10-12-25)20-24-23-19(26-20)14-5-7-17(22)8-6-14/h1-8,15H,9-13H2. The van der Waals surface area contributed by atoms with Crippen LogP contribution in [0.25, 0.3) is 11.5 Å². The van der Waals surface area contributed by atoms with Gasteiger partial charge in [0.05, 0.1) is 0 Å². The molecule has 2 heterocycles. The van der Waals surface area contributed by atoms with Crippen molar-refractivity contribution in [2.75, 3.05) is 13.1 Å². The summed E-state index contributed by atoms with van der Waals surface area (Å²) in [5.41, 5.74) is 1.89. The molecule has 3 aromatic rings. The summed E-state index contributed by atoms with van der Waals surface area (Å²) >= 11 is 6.26. The van der Waals surface area contributed by atoms with Crippen molar-refractivity contribution < 1.29 is 8.81 Å². The molecule has 0 spiro atoms. The van der Waals surface area contributed by atoms with E-state index in [1.165, 1.54) is 12.1 Å². The molecule has 1 fully saturated rings. The number of rotatable bonds is 4. The van der Waals surface area contributed by atoms with Crippen LogP contribution in [0.3, 0.4) is 0 Å². The summed E-state index contributed by atoms with van der Waals surface area (Å²) in [6, 6.07) is 14.1. The van der Waals surface area contributed by atoms with Gasteiger partial charge >= 0.3 is 0 Å². The number of nitrogens with zero attached hydrogens (tertiary/aromatic N) is 3. The molecule has 0 N–H and O–H groups in total. The Hall–Kier alpha value is -2.24. The Kier molecular flexibility index (Phi) is 5.00. The van der Waals surface area contributed by atoms with Gasteiger partial charge in [-0.1, -0.05) is 29.8 Å². The zero-order valence-corrected chi connectivity index (χ0v) is 15.0. The maximum absolute atomic E-state index is 13.0. The van der Waals surface area contributed by atoms with E-state index < -0.39 is 0 Å². The Morgan fingerprint density at radius 1 is 1.04 bits per heavy atom. The van der Waals surface area contributed by atoms with E-state index in [4.69, 9.17) is 16.0 Å². The first-order chi connectivity index (χ1) is 12.7. The van der Waals surface area contributed by atoms with Crippen LogP contribution in [0.1, 0.15) is 30.2 Å². The van der Waals surface area contributed by atoms with Crippen molar-refractivity contribution in [1.82, 2.24) is 15.1 Å². The number of piperidine rings is 1. The monoisotopic (exact) mass is 371 g/mol. The fraction of sp³-hybridized carbons (Fsp3) is 0.300. The zero-order chi connectivity index (χ0) is 17.9. The number of hydrogen-bond donors (Lipinski definition) is 0. The maximum Gasteiger partial charge on any atom is 0.247 e. The molecule has 4 rings (SSSR count).